The monoisotopic (exact) mass is 258 g/mol. The molecular formula is C13H18N6. The van der Waals surface area contributed by atoms with Crippen LogP contribution < -0.4 is 5.32 Å². The lowest BCUT2D eigenvalue weighted by Crippen LogP contribution is -2.16. The Morgan fingerprint density at radius 2 is 2.26 bits per heavy atom. The van der Waals surface area contributed by atoms with Gasteiger partial charge in [0.25, 0.3) is 0 Å². The van der Waals surface area contributed by atoms with E-state index in [1.807, 2.05) is 14.0 Å². The molecule has 2 heterocycles. The van der Waals surface area contributed by atoms with E-state index < -0.39 is 0 Å². The lowest BCUT2D eigenvalue weighted by Gasteiger charge is -2.09. The van der Waals surface area contributed by atoms with Crippen LogP contribution in [-0.4, -0.2) is 25.9 Å². The molecule has 2 aromatic heterocycles. The van der Waals surface area contributed by atoms with Crippen molar-refractivity contribution in [2.24, 2.45) is 7.05 Å². The third-order valence-electron chi connectivity index (χ3n) is 3.01. The predicted molar refractivity (Wildman–Crippen MR) is 71.8 cm³/mol. The molecule has 19 heavy (non-hydrogen) atoms. The smallest absolute Gasteiger partial charge is 0.218 e. The van der Waals surface area contributed by atoms with Crippen molar-refractivity contribution in [1.29, 1.82) is 5.26 Å². The maximum atomic E-state index is 9.09. The van der Waals surface area contributed by atoms with Crippen LogP contribution in [-0.2, 0) is 13.6 Å². The third-order valence-corrected chi connectivity index (χ3v) is 3.01. The number of rotatable bonds is 5. The van der Waals surface area contributed by atoms with E-state index >= 15 is 0 Å². The number of aryl methyl sites for hydroxylation is 2. The first-order chi connectivity index (χ1) is 9.19. The first kappa shape index (κ1) is 13.3. The van der Waals surface area contributed by atoms with Gasteiger partial charge in [-0.2, -0.15) is 10.4 Å². The van der Waals surface area contributed by atoms with E-state index in [-0.39, 0.29) is 0 Å². The number of nitrogens with one attached hydrogen (secondary N) is 1. The largest absolute Gasteiger partial charge is 0.312 e. The predicted octanol–water partition coefficient (Wildman–Crippen LogP) is 1.29. The standard InChI is InChI=1S/C13H18N6/c1-4-5-15-9-11-10(2)17-18(3)13(11)19-7-6-16-12(19)8-14/h6-7,15H,4-5,9H2,1-3H3. The Morgan fingerprint density at radius 1 is 1.47 bits per heavy atom. The summed E-state index contributed by atoms with van der Waals surface area (Å²) in [6, 6.07) is 2.10. The maximum absolute atomic E-state index is 9.09. The molecule has 0 aliphatic heterocycles. The molecule has 0 amide bonds. The Kier molecular flexibility index (Phi) is 3.97. The van der Waals surface area contributed by atoms with Crippen molar-refractivity contribution in [3.63, 3.8) is 0 Å². The summed E-state index contributed by atoms with van der Waals surface area (Å²) in [5.74, 6) is 1.27. The molecule has 6 heteroatoms. The van der Waals surface area contributed by atoms with Gasteiger partial charge in [0.05, 0.1) is 5.69 Å². The average molecular weight is 258 g/mol. The third kappa shape index (κ3) is 2.51. The van der Waals surface area contributed by atoms with Gasteiger partial charge in [0.1, 0.15) is 11.9 Å². The Hall–Kier alpha value is -2.13. The highest BCUT2D eigenvalue weighted by atomic mass is 15.3. The lowest BCUT2D eigenvalue weighted by atomic mass is 10.2. The Balaban J connectivity index is 2.42. The highest BCUT2D eigenvalue weighted by Gasteiger charge is 2.16. The zero-order chi connectivity index (χ0) is 13.8. The molecule has 0 unspecified atom stereocenters. The molecule has 6 nitrogen and oxygen atoms in total. The van der Waals surface area contributed by atoms with Crippen LogP contribution in [0, 0.1) is 18.3 Å². The van der Waals surface area contributed by atoms with Crippen molar-refractivity contribution in [1.82, 2.24) is 24.6 Å². The van der Waals surface area contributed by atoms with Crippen molar-refractivity contribution in [3.05, 3.63) is 29.5 Å². The van der Waals surface area contributed by atoms with E-state index in [2.05, 4.69) is 28.4 Å². The van der Waals surface area contributed by atoms with Crippen LogP contribution in [0.3, 0.4) is 0 Å². The summed E-state index contributed by atoms with van der Waals surface area (Å²) in [4.78, 5) is 4.04. The van der Waals surface area contributed by atoms with Crippen molar-refractivity contribution < 1.29 is 0 Å². The van der Waals surface area contributed by atoms with E-state index in [0.717, 1.165) is 36.6 Å². The van der Waals surface area contributed by atoms with E-state index in [1.54, 1.807) is 21.6 Å². The molecule has 2 aromatic rings. The second kappa shape index (κ2) is 5.67. The second-order valence-electron chi connectivity index (χ2n) is 4.42. The summed E-state index contributed by atoms with van der Waals surface area (Å²) in [5, 5.41) is 16.9. The minimum Gasteiger partial charge on any atom is -0.312 e. The second-order valence-corrected chi connectivity index (χ2v) is 4.42. The minimum atomic E-state index is 0.375. The zero-order valence-corrected chi connectivity index (χ0v) is 11.5. The van der Waals surface area contributed by atoms with Gasteiger partial charge in [-0.25, -0.2) is 4.98 Å². The molecule has 0 spiro atoms. The highest BCUT2D eigenvalue weighted by molar-refractivity contribution is 5.40. The molecule has 0 atom stereocenters. The van der Waals surface area contributed by atoms with Gasteiger partial charge < -0.3 is 5.32 Å². The molecule has 0 bridgehead atoms. The summed E-state index contributed by atoms with van der Waals surface area (Å²) in [7, 11) is 1.88. The first-order valence-electron chi connectivity index (χ1n) is 6.36. The average Bonchev–Trinajstić information content (AvgIpc) is 2.94. The molecule has 0 aromatic carbocycles. The number of imidazole rings is 1. The van der Waals surface area contributed by atoms with Gasteiger partial charge in [-0.3, -0.25) is 9.25 Å². The van der Waals surface area contributed by atoms with Gasteiger partial charge in [0.15, 0.2) is 0 Å². The van der Waals surface area contributed by atoms with Crippen LogP contribution in [0.15, 0.2) is 12.4 Å². The topological polar surface area (TPSA) is 71.5 Å². The van der Waals surface area contributed by atoms with Crippen LogP contribution in [0.5, 0.6) is 0 Å². The molecule has 0 fully saturated rings. The molecule has 0 aliphatic carbocycles. The van der Waals surface area contributed by atoms with Crippen LogP contribution >= 0.6 is 0 Å². The van der Waals surface area contributed by atoms with Gasteiger partial charge in [0, 0.05) is 31.5 Å². The fourth-order valence-electron chi connectivity index (χ4n) is 2.15. The Morgan fingerprint density at radius 3 is 2.95 bits per heavy atom. The molecule has 2 rings (SSSR count). The summed E-state index contributed by atoms with van der Waals surface area (Å²) in [5.41, 5.74) is 2.07. The first-order valence-corrected chi connectivity index (χ1v) is 6.36. The van der Waals surface area contributed by atoms with E-state index in [1.165, 1.54) is 0 Å². The SMILES string of the molecule is CCCNCc1c(C)nn(C)c1-n1ccnc1C#N. The van der Waals surface area contributed by atoms with E-state index in [0.29, 0.717) is 5.82 Å². The lowest BCUT2D eigenvalue weighted by molar-refractivity contribution is 0.667. The highest BCUT2D eigenvalue weighted by Crippen LogP contribution is 2.19. The summed E-state index contributed by atoms with van der Waals surface area (Å²) in [6.07, 6.45) is 4.51. The van der Waals surface area contributed by atoms with Gasteiger partial charge in [-0.15, -0.1) is 0 Å². The molecular weight excluding hydrogens is 240 g/mol. The number of nitriles is 1. The Bertz CT molecular complexity index is 601. The Labute approximate surface area is 112 Å². The van der Waals surface area contributed by atoms with Crippen LogP contribution in [0.1, 0.15) is 30.4 Å². The van der Waals surface area contributed by atoms with Crippen molar-refractivity contribution >= 4 is 0 Å². The van der Waals surface area contributed by atoms with Crippen molar-refractivity contribution in [2.75, 3.05) is 6.54 Å². The maximum Gasteiger partial charge on any atom is 0.218 e. The van der Waals surface area contributed by atoms with E-state index in [9.17, 15) is 0 Å². The van der Waals surface area contributed by atoms with Crippen molar-refractivity contribution in [3.8, 4) is 11.9 Å². The van der Waals surface area contributed by atoms with Crippen molar-refractivity contribution in [2.45, 2.75) is 26.8 Å². The zero-order valence-electron chi connectivity index (χ0n) is 11.5. The van der Waals surface area contributed by atoms with Crippen LogP contribution in [0.2, 0.25) is 0 Å². The van der Waals surface area contributed by atoms with Gasteiger partial charge in [0.2, 0.25) is 5.82 Å². The summed E-state index contributed by atoms with van der Waals surface area (Å²) in [6.45, 7) is 5.82. The molecule has 0 saturated heterocycles. The number of hydrogen-bond acceptors (Lipinski definition) is 4. The van der Waals surface area contributed by atoms with Gasteiger partial charge in [-0.05, 0) is 19.9 Å². The molecule has 0 saturated carbocycles. The van der Waals surface area contributed by atoms with Crippen LogP contribution in [0.25, 0.3) is 5.82 Å². The summed E-state index contributed by atoms with van der Waals surface area (Å²) >= 11 is 0. The minimum absolute atomic E-state index is 0.375. The number of aromatic nitrogens is 4. The summed E-state index contributed by atoms with van der Waals surface area (Å²) < 4.78 is 3.57. The number of hydrogen-bond donors (Lipinski definition) is 1. The van der Waals surface area contributed by atoms with Gasteiger partial charge >= 0.3 is 0 Å². The van der Waals surface area contributed by atoms with Gasteiger partial charge in [-0.1, -0.05) is 6.92 Å². The molecule has 1 N–H and O–H groups in total. The van der Waals surface area contributed by atoms with Crippen LogP contribution in [0.4, 0.5) is 0 Å². The van der Waals surface area contributed by atoms with E-state index in [4.69, 9.17) is 5.26 Å². The molecule has 100 valence electrons. The quantitative estimate of drug-likeness (QED) is 0.820. The number of nitrogens with zero attached hydrogens (tertiary/aromatic N) is 5. The fourth-order valence-corrected chi connectivity index (χ4v) is 2.15. The molecule has 0 radical (unpaired) electrons. The fraction of sp³-hybridized carbons (Fsp3) is 0.462. The normalized spacial score (nSPS) is 10.6. The molecule has 0 aliphatic rings.